The Bertz CT molecular complexity index is 385. The van der Waals surface area contributed by atoms with Crippen LogP contribution in [0.3, 0.4) is 0 Å². The molecule has 0 spiro atoms. The summed E-state index contributed by atoms with van der Waals surface area (Å²) in [6.45, 7) is 5.04. The van der Waals surface area contributed by atoms with E-state index in [-0.39, 0.29) is 0 Å². The number of rotatable bonds is 5. The van der Waals surface area contributed by atoms with Gasteiger partial charge in [0.1, 0.15) is 0 Å². The summed E-state index contributed by atoms with van der Waals surface area (Å²) in [6, 6.07) is 2.12. The van der Waals surface area contributed by atoms with E-state index in [0.29, 0.717) is 23.8 Å². The number of aromatic nitrogens is 2. The highest BCUT2D eigenvalue weighted by atomic mass is 16.5. The molecule has 1 unspecified atom stereocenters. The maximum atomic E-state index is 5.21. The van der Waals surface area contributed by atoms with Crippen molar-refractivity contribution in [2.75, 3.05) is 38.8 Å². The molecular formula is C13H22N4O2. The topological polar surface area (TPSA) is 59.5 Å². The zero-order chi connectivity index (χ0) is 13.7. The van der Waals surface area contributed by atoms with E-state index in [9.17, 15) is 0 Å². The van der Waals surface area contributed by atoms with Crippen LogP contribution >= 0.6 is 0 Å². The highest BCUT2D eigenvalue weighted by molar-refractivity contribution is 5.38. The first-order valence-corrected chi connectivity index (χ1v) is 6.73. The zero-order valence-electron chi connectivity index (χ0n) is 11.8. The standard InChI is InChI=1S/C13H22N4O2/c1-4-17(10-6-5-7-14-9-10)13-15-11(18-2)8-12(16-13)19-3/h8,10,14H,4-7,9H2,1-3H3. The van der Waals surface area contributed by atoms with Crippen LogP contribution in [0.25, 0.3) is 0 Å². The first-order valence-electron chi connectivity index (χ1n) is 6.73. The average molecular weight is 266 g/mol. The molecule has 1 aliphatic heterocycles. The van der Waals surface area contributed by atoms with E-state index in [0.717, 1.165) is 26.1 Å². The molecule has 19 heavy (non-hydrogen) atoms. The molecule has 1 N–H and O–H groups in total. The van der Waals surface area contributed by atoms with Crippen LogP contribution in [-0.2, 0) is 0 Å². The van der Waals surface area contributed by atoms with E-state index in [2.05, 4.69) is 27.1 Å². The van der Waals surface area contributed by atoms with E-state index >= 15 is 0 Å². The van der Waals surface area contributed by atoms with Gasteiger partial charge in [-0.05, 0) is 26.3 Å². The van der Waals surface area contributed by atoms with Crippen molar-refractivity contribution in [3.05, 3.63) is 6.07 Å². The molecule has 1 aromatic rings. The SMILES string of the molecule is CCN(c1nc(OC)cc(OC)n1)C1CCCNC1. The fourth-order valence-corrected chi connectivity index (χ4v) is 2.39. The molecule has 2 rings (SSSR count). The van der Waals surface area contributed by atoms with Crippen LogP contribution in [0.5, 0.6) is 11.8 Å². The highest BCUT2D eigenvalue weighted by Gasteiger charge is 2.23. The van der Waals surface area contributed by atoms with E-state index in [4.69, 9.17) is 9.47 Å². The Hall–Kier alpha value is -1.56. The fraction of sp³-hybridized carbons (Fsp3) is 0.692. The number of hydrogen-bond donors (Lipinski definition) is 1. The summed E-state index contributed by atoms with van der Waals surface area (Å²) in [4.78, 5) is 11.1. The summed E-state index contributed by atoms with van der Waals surface area (Å²) >= 11 is 0. The van der Waals surface area contributed by atoms with Crippen LogP contribution < -0.4 is 19.7 Å². The maximum Gasteiger partial charge on any atom is 0.232 e. The van der Waals surface area contributed by atoms with Crippen LogP contribution in [0.4, 0.5) is 5.95 Å². The molecule has 0 saturated carbocycles. The van der Waals surface area contributed by atoms with Crippen molar-refractivity contribution in [3.8, 4) is 11.8 Å². The van der Waals surface area contributed by atoms with Gasteiger partial charge in [-0.25, -0.2) is 0 Å². The third-order valence-corrected chi connectivity index (χ3v) is 3.39. The Morgan fingerprint density at radius 3 is 2.47 bits per heavy atom. The number of likely N-dealkylation sites (N-methyl/N-ethyl adjacent to an activating group) is 1. The molecule has 2 heterocycles. The normalized spacial score (nSPS) is 19.0. The van der Waals surface area contributed by atoms with Crippen molar-refractivity contribution < 1.29 is 9.47 Å². The Balaban J connectivity index is 2.25. The third kappa shape index (κ3) is 3.26. The largest absolute Gasteiger partial charge is 0.481 e. The first kappa shape index (κ1) is 13.9. The number of anilines is 1. The van der Waals surface area contributed by atoms with Crippen molar-refractivity contribution in [2.24, 2.45) is 0 Å². The second-order valence-corrected chi connectivity index (χ2v) is 4.54. The molecule has 6 heteroatoms. The predicted molar refractivity (Wildman–Crippen MR) is 74.0 cm³/mol. The van der Waals surface area contributed by atoms with E-state index < -0.39 is 0 Å². The van der Waals surface area contributed by atoms with Crippen LogP contribution in [0.2, 0.25) is 0 Å². The molecular weight excluding hydrogens is 244 g/mol. The summed E-state index contributed by atoms with van der Waals surface area (Å²) in [6.07, 6.45) is 2.34. The number of ether oxygens (including phenoxy) is 2. The maximum absolute atomic E-state index is 5.21. The fourth-order valence-electron chi connectivity index (χ4n) is 2.39. The molecule has 1 aromatic heterocycles. The van der Waals surface area contributed by atoms with Crippen molar-refractivity contribution in [1.82, 2.24) is 15.3 Å². The van der Waals surface area contributed by atoms with Crippen LogP contribution in [0.15, 0.2) is 6.07 Å². The smallest absolute Gasteiger partial charge is 0.232 e. The van der Waals surface area contributed by atoms with Gasteiger partial charge in [-0.3, -0.25) is 0 Å². The lowest BCUT2D eigenvalue weighted by Crippen LogP contribution is -2.46. The van der Waals surface area contributed by atoms with Crippen molar-refractivity contribution >= 4 is 5.95 Å². The van der Waals surface area contributed by atoms with Gasteiger partial charge < -0.3 is 19.7 Å². The molecule has 1 fully saturated rings. The highest BCUT2D eigenvalue weighted by Crippen LogP contribution is 2.23. The Morgan fingerprint density at radius 1 is 1.32 bits per heavy atom. The van der Waals surface area contributed by atoms with E-state index in [1.807, 2.05) is 0 Å². The van der Waals surface area contributed by atoms with Gasteiger partial charge in [0, 0.05) is 19.1 Å². The quantitative estimate of drug-likeness (QED) is 0.860. The molecule has 0 aliphatic carbocycles. The minimum atomic E-state index is 0.426. The lowest BCUT2D eigenvalue weighted by Gasteiger charge is -2.34. The lowest BCUT2D eigenvalue weighted by molar-refractivity contribution is 0.368. The minimum Gasteiger partial charge on any atom is -0.481 e. The number of piperidine rings is 1. The summed E-state index contributed by atoms with van der Waals surface area (Å²) in [5.41, 5.74) is 0. The van der Waals surface area contributed by atoms with Crippen molar-refractivity contribution in [3.63, 3.8) is 0 Å². The van der Waals surface area contributed by atoms with Gasteiger partial charge in [0.2, 0.25) is 17.7 Å². The second-order valence-electron chi connectivity index (χ2n) is 4.54. The molecule has 0 bridgehead atoms. The lowest BCUT2D eigenvalue weighted by atomic mass is 10.1. The van der Waals surface area contributed by atoms with Gasteiger partial charge >= 0.3 is 0 Å². The molecule has 6 nitrogen and oxygen atoms in total. The van der Waals surface area contributed by atoms with E-state index in [1.165, 1.54) is 6.42 Å². The van der Waals surface area contributed by atoms with Gasteiger partial charge in [0.15, 0.2) is 0 Å². The van der Waals surface area contributed by atoms with E-state index in [1.54, 1.807) is 20.3 Å². The molecule has 0 aromatic carbocycles. The van der Waals surface area contributed by atoms with Crippen LogP contribution in [-0.4, -0.2) is 49.9 Å². The van der Waals surface area contributed by atoms with Crippen LogP contribution in [0.1, 0.15) is 19.8 Å². The second kappa shape index (κ2) is 6.56. The van der Waals surface area contributed by atoms with Gasteiger partial charge in [-0.2, -0.15) is 9.97 Å². The summed E-state index contributed by atoms with van der Waals surface area (Å²) < 4.78 is 10.4. The number of hydrogen-bond acceptors (Lipinski definition) is 6. The van der Waals surface area contributed by atoms with Gasteiger partial charge in [0.05, 0.1) is 20.3 Å². The Morgan fingerprint density at radius 2 is 2.00 bits per heavy atom. The summed E-state index contributed by atoms with van der Waals surface area (Å²) in [5, 5.41) is 3.42. The van der Waals surface area contributed by atoms with Crippen LogP contribution in [0, 0.1) is 0 Å². The Labute approximate surface area is 114 Å². The zero-order valence-corrected chi connectivity index (χ0v) is 11.8. The predicted octanol–water partition coefficient (Wildman–Crippen LogP) is 1.07. The van der Waals surface area contributed by atoms with Gasteiger partial charge in [0.25, 0.3) is 0 Å². The molecule has 1 atom stereocenters. The van der Waals surface area contributed by atoms with Gasteiger partial charge in [-0.15, -0.1) is 0 Å². The Kier molecular flexibility index (Phi) is 4.79. The van der Waals surface area contributed by atoms with Gasteiger partial charge in [-0.1, -0.05) is 0 Å². The number of nitrogens with zero attached hydrogens (tertiary/aromatic N) is 3. The monoisotopic (exact) mass is 266 g/mol. The van der Waals surface area contributed by atoms with Crippen molar-refractivity contribution in [1.29, 1.82) is 0 Å². The first-order chi connectivity index (χ1) is 9.28. The third-order valence-electron chi connectivity index (χ3n) is 3.39. The summed E-state index contributed by atoms with van der Waals surface area (Å²) in [7, 11) is 3.20. The number of nitrogens with one attached hydrogen (secondary N) is 1. The average Bonchev–Trinajstić information content (AvgIpc) is 2.48. The minimum absolute atomic E-state index is 0.426. The van der Waals surface area contributed by atoms with Crippen molar-refractivity contribution in [2.45, 2.75) is 25.8 Å². The number of methoxy groups -OCH3 is 2. The molecule has 106 valence electrons. The molecule has 0 amide bonds. The molecule has 1 aliphatic rings. The molecule has 0 radical (unpaired) electrons. The molecule has 1 saturated heterocycles. The summed E-state index contributed by atoms with van der Waals surface area (Å²) in [5.74, 6) is 1.74.